The lowest BCUT2D eigenvalue weighted by molar-refractivity contribution is 0.111. The number of ether oxygens (including phenoxy) is 1. The second-order valence-corrected chi connectivity index (χ2v) is 4.86. The Morgan fingerprint density at radius 2 is 2.33 bits per heavy atom. The lowest BCUT2D eigenvalue weighted by Crippen LogP contribution is -2.11. The molecule has 1 aliphatic heterocycles. The number of nitrogens with one attached hydrogen (secondary N) is 1. The van der Waals surface area contributed by atoms with Gasteiger partial charge in [-0.25, -0.2) is 0 Å². The molecule has 2 rings (SSSR count). The van der Waals surface area contributed by atoms with Gasteiger partial charge in [-0.3, -0.25) is 0 Å². The summed E-state index contributed by atoms with van der Waals surface area (Å²) in [7, 11) is 0. The zero-order valence-corrected chi connectivity index (χ0v) is 9.85. The Bertz CT molecular complexity index is 297. The summed E-state index contributed by atoms with van der Waals surface area (Å²) in [6.07, 6.45) is 3.67. The van der Waals surface area contributed by atoms with Crippen molar-refractivity contribution in [3.63, 3.8) is 0 Å². The van der Waals surface area contributed by atoms with Gasteiger partial charge in [0.25, 0.3) is 0 Å². The van der Waals surface area contributed by atoms with Crippen LogP contribution < -0.4 is 5.32 Å². The van der Waals surface area contributed by atoms with E-state index in [1.54, 1.807) is 11.3 Å². The first kappa shape index (κ1) is 11.0. The van der Waals surface area contributed by atoms with Gasteiger partial charge in [0.15, 0.2) is 0 Å². The van der Waals surface area contributed by atoms with E-state index in [2.05, 4.69) is 22.4 Å². The molecule has 0 radical (unpaired) electrons. The summed E-state index contributed by atoms with van der Waals surface area (Å²) in [6.45, 7) is 4.81. The van der Waals surface area contributed by atoms with E-state index in [9.17, 15) is 0 Å². The molecule has 1 aliphatic rings. The van der Waals surface area contributed by atoms with Crippen molar-refractivity contribution < 1.29 is 4.74 Å². The van der Waals surface area contributed by atoms with Crippen LogP contribution in [-0.2, 0) is 17.7 Å². The van der Waals surface area contributed by atoms with Crippen molar-refractivity contribution in [2.24, 2.45) is 0 Å². The largest absolute Gasteiger partial charge is 0.378 e. The van der Waals surface area contributed by atoms with Gasteiger partial charge in [-0.1, -0.05) is 6.92 Å². The summed E-state index contributed by atoms with van der Waals surface area (Å²) in [6, 6.07) is 0. The number of nitrogens with zero attached hydrogens (tertiary/aromatic N) is 2. The van der Waals surface area contributed by atoms with E-state index in [0.29, 0.717) is 6.10 Å². The average Bonchev–Trinajstić information content (AvgIpc) is 2.87. The summed E-state index contributed by atoms with van der Waals surface area (Å²) >= 11 is 1.69. The lowest BCUT2D eigenvalue weighted by Gasteiger charge is -2.04. The van der Waals surface area contributed by atoms with Gasteiger partial charge in [-0.05, 0) is 19.4 Å². The van der Waals surface area contributed by atoms with Crippen molar-refractivity contribution in [2.45, 2.75) is 38.8 Å². The molecule has 1 atom stereocenters. The Morgan fingerprint density at radius 3 is 3.07 bits per heavy atom. The van der Waals surface area contributed by atoms with E-state index >= 15 is 0 Å². The Hall–Kier alpha value is -0.520. The van der Waals surface area contributed by atoms with Gasteiger partial charge < -0.3 is 10.1 Å². The van der Waals surface area contributed by atoms with Crippen LogP contribution in [0.15, 0.2) is 0 Å². The molecule has 0 saturated carbocycles. The molecule has 0 spiro atoms. The van der Waals surface area contributed by atoms with Crippen molar-refractivity contribution in [1.82, 2.24) is 15.5 Å². The maximum Gasteiger partial charge on any atom is 0.131 e. The molecule has 4 nitrogen and oxygen atoms in total. The Labute approximate surface area is 94.1 Å². The minimum atomic E-state index is 0.380. The number of hydrogen-bond donors (Lipinski definition) is 1. The van der Waals surface area contributed by atoms with Crippen LogP contribution >= 0.6 is 11.3 Å². The fourth-order valence-corrected chi connectivity index (χ4v) is 2.55. The van der Waals surface area contributed by atoms with Crippen LogP contribution in [0.4, 0.5) is 0 Å². The molecule has 5 heteroatoms. The normalized spacial score (nSPS) is 21.0. The molecule has 1 saturated heterocycles. The molecule has 15 heavy (non-hydrogen) atoms. The maximum atomic E-state index is 5.57. The molecule has 84 valence electrons. The Kier molecular flexibility index (Phi) is 4.05. The third-order valence-corrected chi connectivity index (χ3v) is 3.41. The summed E-state index contributed by atoms with van der Waals surface area (Å²) in [4.78, 5) is 0. The minimum Gasteiger partial charge on any atom is -0.378 e. The van der Waals surface area contributed by atoms with Gasteiger partial charge >= 0.3 is 0 Å². The third kappa shape index (κ3) is 3.22. The smallest absolute Gasteiger partial charge is 0.131 e. The zero-order valence-electron chi connectivity index (χ0n) is 9.03. The highest BCUT2D eigenvalue weighted by Crippen LogP contribution is 2.19. The fourth-order valence-electron chi connectivity index (χ4n) is 1.67. The lowest BCUT2D eigenvalue weighted by atomic mass is 10.2. The molecule has 0 aromatic carbocycles. The fraction of sp³-hybridized carbons (Fsp3) is 0.800. The van der Waals surface area contributed by atoms with E-state index in [1.807, 2.05) is 0 Å². The second-order valence-electron chi connectivity index (χ2n) is 3.71. The van der Waals surface area contributed by atoms with Crippen molar-refractivity contribution in [3.8, 4) is 0 Å². The van der Waals surface area contributed by atoms with Crippen molar-refractivity contribution in [2.75, 3.05) is 13.2 Å². The van der Waals surface area contributed by atoms with Crippen LogP contribution in [0, 0.1) is 0 Å². The third-order valence-electron chi connectivity index (χ3n) is 2.46. The van der Waals surface area contributed by atoms with Crippen LogP contribution in [0.1, 0.15) is 29.8 Å². The molecule has 1 aromatic heterocycles. The maximum absolute atomic E-state index is 5.57. The first-order valence-electron chi connectivity index (χ1n) is 5.52. The quantitative estimate of drug-likeness (QED) is 0.825. The van der Waals surface area contributed by atoms with Crippen LogP contribution in [0.3, 0.4) is 0 Å². The molecule has 1 N–H and O–H groups in total. The highest BCUT2D eigenvalue weighted by molar-refractivity contribution is 7.11. The van der Waals surface area contributed by atoms with Gasteiger partial charge in [0.2, 0.25) is 0 Å². The van der Waals surface area contributed by atoms with Gasteiger partial charge in [0, 0.05) is 19.6 Å². The van der Waals surface area contributed by atoms with Crippen LogP contribution in [0.25, 0.3) is 0 Å². The molecule has 1 unspecified atom stereocenters. The molecule has 0 bridgehead atoms. The summed E-state index contributed by atoms with van der Waals surface area (Å²) < 4.78 is 5.57. The van der Waals surface area contributed by atoms with E-state index in [1.165, 1.54) is 12.8 Å². The monoisotopic (exact) mass is 227 g/mol. The highest BCUT2D eigenvalue weighted by atomic mass is 32.1. The molecule has 1 fully saturated rings. The highest BCUT2D eigenvalue weighted by Gasteiger charge is 2.17. The Morgan fingerprint density at radius 1 is 1.47 bits per heavy atom. The Balaban J connectivity index is 1.83. The predicted octanol–water partition coefficient (Wildman–Crippen LogP) is 1.37. The first-order valence-corrected chi connectivity index (χ1v) is 6.33. The molecule has 0 amide bonds. The number of rotatable bonds is 5. The SMILES string of the molecule is CCNCc1nnc(CC2CCCO2)s1. The van der Waals surface area contributed by atoms with Crippen molar-refractivity contribution >= 4 is 11.3 Å². The minimum absolute atomic E-state index is 0.380. The average molecular weight is 227 g/mol. The van der Waals surface area contributed by atoms with E-state index < -0.39 is 0 Å². The van der Waals surface area contributed by atoms with Crippen molar-refractivity contribution in [3.05, 3.63) is 10.0 Å². The van der Waals surface area contributed by atoms with E-state index in [4.69, 9.17) is 4.74 Å². The van der Waals surface area contributed by atoms with Crippen molar-refractivity contribution in [1.29, 1.82) is 0 Å². The van der Waals surface area contributed by atoms with Crippen LogP contribution in [0.2, 0.25) is 0 Å². The molecule has 1 aromatic rings. The molecular weight excluding hydrogens is 210 g/mol. The predicted molar refractivity (Wildman–Crippen MR) is 60.0 cm³/mol. The summed E-state index contributed by atoms with van der Waals surface area (Å²) in [5.41, 5.74) is 0. The number of aromatic nitrogens is 2. The van der Waals surface area contributed by atoms with Gasteiger partial charge in [-0.15, -0.1) is 21.5 Å². The topological polar surface area (TPSA) is 47.0 Å². The molecular formula is C10H17N3OS. The van der Waals surface area contributed by atoms with Gasteiger partial charge in [-0.2, -0.15) is 0 Å². The zero-order chi connectivity index (χ0) is 10.5. The number of hydrogen-bond acceptors (Lipinski definition) is 5. The first-order chi connectivity index (χ1) is 7.38. The summed E-state index contributed by atoms with van der Waals surface area (Å²) in [5.74, 6) is 0. The van der Waals surface area contributed by atoms with Gasteiger partial charge in [0.05, 0.1) is 6.10 Å². The van der Waals surface area contributed by atoms with E-state index in [0.717, 1.165) is 36.1 Å². The molecule has 0 aliphatic carbocycles. The molecule has 2 heterocycles. The second kappa shape index (κ2) is 5.53. The standard InChI is InChI=1S/C10H17N3OS/c1-2-11-7-10-13-12-9(15-10)6-8-4-3-5-14-8/h8,11H,2-7H2,1H3. The summed E-state index contributed by atoms with van der Waals surface area (Å²) in [5, 5.41) is 13.8. The van der Waals surface area contributed by atoms with E-state index in [-0.39, 0.29) is 0 Å². The van der Waals surface area contributed by atoms with Crippen LogP contribution in [-0.4, -0.2) is 29.5 Å². The van der Waals surface area contributed by atoms with Gasteiger partial charge in [0.1, 0.15) is 10.0 Å². The van der Waals surface area contributed by atoms with Crippen LogP contribution in [0.5, 0.6) is 0 Å².